The van der Waals surface area contributed by atoms with Crippen LogP contribution in [0.15, 0.2) is 43.0 Å². The fourth-order valence-corrected chi connectivity index (χ4v) is 2.48. The first-order valence-corrected chi connectivity index (χ1v) is 6.21. The van der Waals surface area contributed by atoms with Crippen LogP contribution < -0.4 is 4.90 Å². The van der Waals surface area contributed by atoms with Crippen molar-refractivity contribution in [2.24, 2.45) is 0 Å². The van der Waals surface area contributed by atoms with Crippen molar-refractivity contribution in [3.8, 4) is 5.69 Å². The summed E-state index contributed by atoms with van der Waals surface area (Å²) in [5.41, 5.74) is 1.82. The molecule has 1 aromatic carbocycles. The van der Waals surface area contributed by atoms with Gasteiger partial charge in [-0.1, -0.05) is 12.1 Å². The lowest BCUT2D eigenvalue weighted by Crippen LogP contribution is -2.25. The van der Waals surface area contributed by atoms with Crippen LogP contribution in [0.5, 0.6) is 0 Å². The van der Waals surface area contributed by atoms with Crippen LogP contribution in [0.3, 0.4) is 0 Å². The van der Waals surface area contributed by atoms with Crippen LogP contribution in [0.1, 0.15) is 6.42 Å². The van der Waals surface area contributed by atoms with E-state index < -0.39 is 0 Å². The summed E-state index contributed by atoms with van der Waals surface area (Å²) in [6.07, 6.45) is 5.70. The van der Waals surface area contributed by atoms with Gasteiger partial charge in [0.25, 0.3) is 0 Å². The molecule has 1 atom stereocenters. The van der Waals surface area contributed by atoms with E-state index in [4.69, 9.17) is 11.6 Å². The SMILES string of the molecule is O=C1CC(Cl)CN1c1ccccc1-n1ccnc1. The van der Waals surface area contributed by atoms with Gasteiger partial charge < -0.3 is 9.47 Å². The molecule has 92 valence electrons. The number of anilines is 1. The quantitative estimate of drug-likeness (QED) is 0.778. The van der Waals surface area contributed by atoms with Gasteiger partial charge in [-0.2, -0.15) is 0 Å². The van der Waals surface area contributed by atoms with E-state index in [-0.39, 0.29) is 11.3 Å². The van der Waals surface area contributed by atoms with Crippen molar-refractivity contribution in [1.82, 2.24) is 9.55 Å². The van der Waals surface area contributed by atoms with Gasteiger partial charge in [0.1, 0.15) is 0 Å². The molecule has 4 nitrogen and oxygen atoms in total. The van der Waals surface area contributed by atoms with Crippen molar-refractivity contribution in [3.63, 3.8) is 0 Å². The largest absolute Gasteiger partial charge is 0.309 e. The molecule has 5 heteroatoms. The van der Waals surface area contributed by atoms with Crippen molar-refractivity contribution in [1.29, 1.82) is 0 Å². The highest BCUT2D eigenvalue weighted by atomic mass is 35.5. The number of rotatable bonds is 2. The van der Waals surface area contributed by atoms with Gasteiger partial charge in [0, 0.05) is 25.4 Å². The normalized spacial score (nSPS) is 19.5. The number of hydrogen-bond acceptors (Lipinski definition) is 2. The molecule has 1 amide bonds. The Morgan fingerprint density at radius 2 is 2.06 bits per heavy atom. The zero-order chi connectivity index (χ0) is 12.5. The summed E-state index contributed by atoms with van der Waals surface area (Å²) in [5.74, 6) is 0.0718. The van der Waals surface area contributed by atoms with Crippen LogP contribution in [0, 0.1) is 0 Å². The van der Waals surface area contributed by atoms with Crippen LogP contribution >= 0.6 is 11.6 Å². The number of carbonyl (C=O) groups excluding carboxylic acids is 1. The smallest absolute Gasteiger partial charge is 0.228 e. The summed E-state index contributed by atoms with van der Waals surface area (Å²) in [6, 6.07) is 7.76. The van der Waals surface area contributed by atoms with Gasteiger partial charge in [0.2, 0.25) is 5.91 Å². The van der Waals surface area contributed by atoms with Crippen molar-refractivity contribution in [2.45, 2.75) is 11.8 Å². The summed E-state index contributed by atoms with van der Waals surface area (Å²) < 4.78 is 1.89. The average molecular weight is 262 g/mol. The van der Waals surface area contributed by atoms with Crippen molar-refractivity contribution in [3.05, 3.63) is 43.0 Å². The first kappa shape index (κ1) is 11.3. The molecule has 0 radical (unpaired) electrons. The maximum Gasteiger partial charge on any atom is 0.228 e. The Hall–Kier alpha value is -1.81. The summed E-state index contributed by atoms with van der Waals surface area (Å²) in [6.45, 7) is 0.562. The molecule has 1 fully saturated rings. The lowest BCUT2D eigenvalue weighted by molar-refractivity contribution is -0.117. The minimum atomic E-state index is -0.103. The minimum Gasteiger partial charge on any atom is -0.309 e. The molecule has 0 bridgehead atoms. The standard InChI is InChI=1S/C13H12ClN3O/c14-10-7-13(18)17(8-10)12-4-2-1-3-11(12)16-6-5-15-9-16/h1-6,9-10H,7-8H2. The lowest BCUT2D eigenvalue weighted by atomic mass is 10.2. The molecule has 1 aliphatic rings. The number of aromatic nitrogens is 2. The van der Waals surface area contributed by atoms with E-state index in [0.29, 0.717) is 13.0 Å². The monoisotopic (exact) mass is 261 g/mol. The molecular formula is C13H12ClN3O. The number of amides is 1. The maximum atomic E-state index is 11.9. The van der Waals surface area contributed by atoms with E-state index in [0.717, 1.165) is 11.4 Å². The number of para-hydroxylation sites is 2. The first-order valence-electron chi connectivity index (χ1n) is 5.77. The van der Waals surface area contributed by atoms with Crippen LogP contribution in [0.4, 0.5) is 5.69 Å². The Balaban J connectivity index is 2.05. The second-order valence-corrected chi connectivity index (χ2v) is 4.88. The summed E-state index contributed by atoms with van der Waals surface area (Å²) in [7, 11) is 0. The third kappa shape index (κ3) is 1.88. The molecule has 1 unspecified atom stereocenters. The second-order valence-electron chi connectivity index (χ2n) is 4.26. The number of benzene rings is 1. The highest BCUT2D eigenvalue weighted by molar-refractivity contribution is 6.24. The third-order valence-corrected chi connectivity index (χ3v) is 3.33. The first-order chi connectivity index (χ1) is 8.75. The maximum absolute atomic E-state index is 11.9. The van der Waals surface area contributed by atoms with Crippen LogP contribution in [-0.4, -0.2) is 27.4 Å². The highest BCUT2D eigenvalue weighted by Crippen LogP contribution is 2.29. The van der Waals surface area contributed by atoms with E-state index >= 15 is 0 Å². The van der Waals surface area contributed by atoms with Crippen molar-refractivity contribution < 1.29 is 4.79 Å². The van der Waals surface area contributed by atoms with E-state index in [9.17, 15) is 4.79 Å². The van der Waals surface area contributed by atoms with E-state index in [1.807, 2.05) is 35.0 Å². The number of halogens is 1. The van der Waals surface area contributed by atoms with E-state index in [2.05, 4.69) is 4.98 Å². The summed E-state index contributed by atoms with van der Waals surface area (Å²) in [5, 5.41) is -0.103. The molecule has 0 spiro atoms. The fourth-order valence-electron chi connectivity index (χ4n) is 2.21. The molecule has 0 saturated carbocycles. The topological polar surface area (TPSA) is 38.1 Å². The highest BCUT2D eigenvalue weighted by Gasteiger charge is 2.30. The molecule has 2 aromatic rings. The molecular weight excluding hydrogens is 250 g/mol. The van der Waals surface area contributed by atoms with Gasteiger partial charge in [-0.15, -0.1) is 11.6 Å². The zero-order valence-corrected chi connectivity index (χ0v) is 10.4. The number of imidazole rings is 1. The van der Waals surface area contributed by atoms with Gasteiger partial charge in [-0.25, -0.2) is 4.98 Å². The Labute approximate surface area is 110 Å². The second kappa shape index (κ2) is 4.46. The predicted octanol–water partition coefficient (Wildman–Crippen LogP) is 2.22. The summed E-state index contributed by atoms with van der Waals surface area (Å²) in [4.78, 5) is 17.7. The van der Waals surface area contributed by atoms with Gasteiger partial charge in [0.05, 0.1) is 23.1 Å². The Kier molecular flexibility index (Phi) is 2.80. The number of carbonyl (C=O) groups is 1. The molecule has 1 aromatic heterocycles. The number of alkyl halides is 1. The Morgan fingerprint density at radius 1 is 1.28 bits per heavy atom. The lowest BCUT2D eigenvalue weighted by Gasteiger charge is -2.19. The number of nitrogens with zero attached hydrogens (tertiary/aromatic N) is 3. The molecule has 18 heavy (non-hydrogen) atoms. The Morgan fingerprint density at radius 3 is 2.67 bits per heavy atom. The van der Waals surface area contributed by atoms with E-state index in [1.165, 1.54) is 0 Å². The van der Waals surface area contributed by atoms with Gasteiger partial charge >= 0.3 is 0 Å². The van der Waals surface area contributed by atoms with E-state index in [1.54, 1.807) is 17.4 Å². The molecule has 0 aliphatic carbocycles. The minimum absolute atomic E-state index is 0.0718. The zero-order valence-electron chi connectivity index (χ0n) is 9.66. The van der Waals surface area contributed by atoms with Crippen molar-refractivity contribution >= 4 is 23.2 Å². The predicted molar refractivity (Wildman–Crippen MR) is 70.2 cm³/mol. The molecule has 1 saturated heterocycles. The molecule has 3 rings (SSSR count). The van der Waals surface area contributed by atoms with Gasteiger partial charge in [-0.05, 0) is 12.1 Å². The van der Waals surface area contributed by atoms with Crippen LogP contribution in [-0.2, 0) is 4.79 Å². The fraction of sp³-hybridized carbons (Fsp3) is 0.231. The van der Waals surface area contributed by atoms with Gasteiger partial charge in [-0.3, -0.25) is 4.79 Å². The number of hydrogen-bond donors (Lipinski definition) is 0. The van der Waals surface area contributed by atoms with Gasteiger partial charge in [0.15, 0.2) is 0 Å². The average Bonchev–Trinajstić information content (AvgIpc) is 2.99. The molecule has 1 aliphatic heterocycles. The third-order valence-electron chi connectivity index (χ3n) is 3.03. The van der Waals surface area contributed by atoms with Crippen LogP contribution in [0.2, 0.25) is 0 Å². The van der Waals surface area contributed by atoms with Crippen LogP contribution in [0.25, 0.3) is 5.69 Å². The van der Waals surface area contributed by atoms with Crippen molar-refractivity contribution in [2.75, 3.05) is 11.4 Å². The molecule has 0 N–H and O–H groups in total. The molecule has 2 heterocycles. The Bertz CT molecular complexity index is 567. The summed E-state index contributed by atoms with van der Waals surface area (Å²) >= 11 is 6.05.